The highest BCUT2D eigenvalue weighted by Crippen LogP contribution is 2.50. The maximum atomic E-state index is 9.93. The van der Waals surface area contributed by atoms with Crippen LogP contribution in [-0.2, 0) is 4.74 Å². The van der Waals surface area contributed by atoms with Crippen LogP contribution in [0.4, 0.5) is 0 Å². The second-order valence-corrected chi connectivity index (χ2v) is 5.30. The van der Waals surface area contributed by atoms with E-state index in [2.05, 4.69) is 6.92 Å². The quantitative estimate of drug-likeness (QED) is 0.666. The number of hydrogen-bond donors (Lipinski definition) is 2. The summed E-state index contributed by atoms with van der Waals surface area (Å²) < 4.78 is 5.83. The fourth-order valence-electron chi connectivity index (χ4n) is 3.15. The molecule has 0 radical (unpaired) electrons. The van der Waals surface area contributed by atoms with Gasteiger partial charge in [0.2, 0.25) is 0 Å². The Hall–Kier alpha value is -0.120. The second kappa shape index (κ2) is 2.94. The van der Waals surface area contributed by atoms with Gasteiger partial charge < -0.3 is 14.9 Å². The molecule has 2 saturated heterocycles. The topological polar surface area (TPSA) is 49.7 Å². The molecular formula is C11H20O3. The van der Waals surface area contributed by atoms with E-state index in [1.54, 1.807) is 0 Å². The van der Waals surface area contributed by atoms with E-state index < -0.39 is 23.4 Å². The molecule has 0 amide bonds. The van der Waals surface area contributed by atoms with Crippen LogP contribution in [0.3, 0.4) is 0 Å². The van der Waals surface area contributed by atoms with Crippen LogP contribution < -0.4 is 0 Å². The van der Waals surface area contributed by atoms with Gasteiger partial charge in [0.05, 0.1) is 11.2 Å². The summed E-state index contributed by atoms with van der Waals surface area (Å²) in [6, 6.07) is 0. The molecule has 4 unspecified atom stereocenters. The summed E-state index contributed by atoms with van der Waals surface area (Å²) in [4.78, 5) is 0. The monoisotopic (exact) mass is 200 g/mol. The molecule has 4 atom stereocenters. The summed E-state index contributed by atoms with van der Waals surface area (Å²) in [5, 5.41) is 19.9. The molecule has 2 rings (SSSR count). The Balaban J connectivity index is 2.30. The Kier molecular flexibility index (Phi) is 2.18. The lowest BCUT2D eigenvalue weighted by Crippen LogP contribution is -2.43. The molecule has 0 aliphatic carbocycles. The van der Waals surface area contributed by atoms with Crippen molar-refractivity contribution < 1.29 is 14.9 Å². The van der Waals surface area contributed by atoms with E-state index in [1.165, 1.54) is 0 Å². The lowest BCUT2D eigenvalue weighted by Gasteiger charge is -2.40. The highest BCUT2D eigenvalue weighted by atomic mass is 16.6. The number of hydrogen-bond acceptors (Lipinski definition) is 3. The minimum atomic E-state index is -0.732. The Morgan fingerprint density at radius 3 is 1.93 bits per heavy atom. The van der Waals surface area contributed by atoms with Crippen molar-refractivity contribution in [2.45, 2.75) is 63.4 Å². The van der Waals surface area contributed by atoms with Crippen molar-refractivity contribution in [3.63, 3.8) is 0 Å². The first-order valence-corrected chi connectivity index (χ1v) is 5.47. The van der Waals surface area contributed by atoms with Crippen LogP contribution in [0.1, 0.15) is 40.0 Å². The minimum Gasteiger partial charge on any atom is -0.387 e. The summed E-state index contributed by atoms with van der Waals surface area (Å²) in [5.41, 5.74) is -1.07. The van der Waals surface area contributed by atoms with Crippen molar-refractivity contribution in [2.24, 2.45) is 5.92 Å². The van der Waals surface area contributed by atoms with Gasteiger partial charge in [-0.1, -0.05) is 13.3 Å². The van der Waals surface area contributed by atoms with Crippen molar-refractivity contribution >= 4 is 0 Å². The van der Waals surface area contributed by atoms with Crippen LogP contribution in [0.5, 0.6) is 0 Å². The van der Waals surface area contributed by atoms with E-state index in [9.17, 15) is 10.2 Å². The van der Waals surface area contributed by atoms with Crippen molar-refractivity contribution in [1.82, 2.24) is 0 Å². The Morgan fingerprint density at radius 1 is 1.14 bits per heavy atom. The van der Waals surface area contributed by atoms with Gasteiger partial charge in [0.15, 0.2) is 0 Å². The predicted octanol–water partition coefficient (Wildman–Crippen LogP) is 1.08. The molecule has 0 aromatic heterocycles. The van der Waals surface area contributed by atoms with E-state index in [4.69, 9.17) is 4.74 Å². The summed E-state index contributed by atoms with van der Waals surface area (Å²) in [5.74, 6) is 0.561. The van der Waals surface area contributed by atoms with E-state index in [0.717, 1.165) is 19.3 Å². The lowest BCUT2D eigenvalue weighted by molar-refractivity contribution is -0.163. The fourth-order valence-corrected chi connectivity index (χ4v) is 3.15. The third kappa shape index (κ3) is 1.23. The molecule has 2 aliphatic heterocycles. The van der Waals surface area contributed by atoms with Gasteiger partial charge in [-0.3, -0.25) is 0 Å². The molecule has 3 heteroatoms. The van der Waals surface area contributed by atoms with Crippen molar-refractivity contribution in [1.29, 1.82) is 0 Å². The maximum Gasteiger partial charge on any atom is 0.111 e. The maximum absolute atomic E-state index is 9.93. The lowest BCUT2D eigenvalue weighted by atomic mass is 9.83. The Morgan fingerprint density at radius 2 is 1.57 bits per heavy atom. The molecular weight excluding hydrogens is 180 g/mol. The van der Waals surface area contributed by atoms with Crippen LogP contribution in [0.2, 0.25) is 0 Å². The summed E-state index contributed by atoms with van der Waals surface area (Å²) in [6.45, 7) is 5.98. The van der Waals surface area contributed by atoms with Gasteiger partial charge in [0, 0.05) is 0 Å². The third-order valence-corrected chi connectivity index (χ3v) is 3.98. The highest BCUT2D eigenvalue weighted by Gasteiger charge is 2.61. The van der Waals surface area contributed by atoms with Crippen molar-refractivity contribution in [3.8, 4) is 0 Å². The Labute approximate surface area is 85.1 Å². The van der Waals surface area contributed by atoms with Gasteiger partial charge in [-0.05, 0) is 32.6 Å². The van der Waals surface area contributed by atoms with Crippen LogP contribution in [0.15, 0.2) is 0 Å². The number of ether oxygens (including phenoxy) is 1. The molecule has 0 saturated carbocycles. The van der Waals surface area contributed by atoms with Gasteiger partial charge in [-0.15, -0.1) is 0 Å². The molecule has 2 heterocycles. The second-order valence-electron chi connectivity index (χ2n) is 5.30. The first-order chi connectivity index (χ1) is 6.41. The molecule has 0 spiro atoms. The van der Waals surface area contributed by atoms with E-state index in [1.807, 2.05) is 13.8 Å². The summed E-state index contributed by atoms with van der Waals surface area (Å²) in [6.07, 6.45) is 1.34. The molecule has 2 bridgehead atoms. The van der Waals surface area contributed by atoms with E-state index >= 15 is 0 Å². The fraction of sp³-hybridized carbons (Fsp3) is 1.00. The smallest absolute Gasteiger partial charge is 0.111 e. The number of rotatable bonds is 1. The number of aliphatic hydroxyl groups is 2. The molecule has 14 heavy (non-hydrogen) atoms. The molecule has 0 aromatic rings. The first-order valence-electron chi connectivity index (χ1n) is 5.47. The van der Waals surface area contributed by atoms with E-state index in [0.29, 0.717) is 5.92 Å². The van der Waals surface area contributed by atoms with Gasteiger partial charge >= 0.3 is 0 Å². The van der Waals surface area contributed by atoms with Crippen LogP contribution in [0.25, 0.3) is 0 Å². The molecule has 82 valence electrons. The third-order valence-electron chi connectivity index (χ3n) is 3.98. The average molecular weight is 200 g/mol. The molecule has 0 aromatic carbocycles. The molecule has 2 fully saturated rings. The number of aliphatic hydroxyl groups excluding tert-OH is 2. The number of fused-ring (bicyclic) bond motifs is 2. The standard InChI is InChI=1S/C11H20O3/c1-4-7-5-10(2)8(12)9(13)11(3,6-7)14-10/h7-9,12-13H,4-6H2,1-3H3. The Bertz CT molecular complexity index is 221. The van der Waals surface area contributed by atoms with Crippen LogP contribution in [-0.4, -0.2) is 33.6 Å². The SMILES string of the molecule is CCC1CC2(C)OC(C)(C1)C(O)C2O. The molecule has 3 nitrogen and oxygen atoms in total. The zero-order chi connectivity index (χ0) is 10.6. The minimum absolute atomic E-state index is 0.535. The van der Waals surface area contributed by atoms with Crippen molar-refractivity contribution in [2.75, 3.05) is 0 Å². The predicted molar refractivity (Wildman–Crippen MR) is 52.9 cm³/mol. The largest absolute Gasteiger partial charge is 0.387 e. The van der Waals surface area contributed by atoms with Crippen LogP contribution in [0, 0.1) is 5.92 Å². The zero-order valence-electron chi connectivity index (χ0n) is 9.16. The van der Waals surface area contributed by atoms with Gasteiger partial charge in [-0.2, -0.15) is 0 Å². The van der Waals surface area contributed by atoms with Gasteiger partial charge in [0.1, 0.15) is 12.2 Å². The normalized spacial score (nSPS) is 57.6. The molecule has 2 aliphatic rings. The summed E-state index contributed by atoms with van der Waals surface area (Å²) in [7, 11) is 0. The van der Waals surface area contributed by atoms with E-state index in [-0.39, 0.29) is 0 Å². The van der Waals surface area contributed by atoms with Crippen LogP contribution >= 0.6 is 0 Å². The zero-order valence-corrected chi connectivity index (χ0v) is 9.16. The average Bonchev–Trinajstić information content (AvgIpc) is 2.24. The molecule has 2 N–H and O–H groups in total. The van der Waals surface area contributed by atoms with Gasteiger partial charge in [-0.25, -0.2) is 0 Å². The highest BCUT2D eigenvalue weighted by molar-refractivity contribution is 5.10. The summed E-state index contributed by atoms with van der Waals surface area (Å²) >= 11 is 0. The van der Waals surface area contributed by atoms with Gasteiger partial charge in [0.25, 0.3) is 0 Å². The van der Waals surface area contributed by atoms with Crippen molar-refractivity contribution in [3.05, 3.63) is 0 Å². The first kappa shape index (κ1) is 10.4.